The van der Waals surface area contributed by atoms with Crippen molar-refractivity contribution < 1.29 is 27.0 Å². The minimum atomic E-state index is -3.74. The molecule has 1 atom stereocenters. The van der Waals surface area contributed by atoms with E-state index in [1.54, 1.807) is 4.90 Å². The third-order valence-corrected chi connectivity index (χ3v) is 3.55. The average Bonchev–Trinajstić information content (AvgIpc) is 2.73. The zero-order valence-corrected chi connectivity index (χ0v) is 13.4. The summed E-state index contributed by atoms with van der Waals surface area (Å²) in [5.41, 5.74) is 0.243. The van der Waals surface area contributed by atoms with Crippen LogP contribution >= 0.6 is 24.8 Å². The number of nitrogens with one attached hydrogen (secondary N) is 1. The van der Waals surface area contributed by atoms with Crippen LogP contribution in [0.3, 0.4) is 0 Å². The van der Waals surface area contributed by atoms with E-state index in [1.165, 1.54) is 18.2 Å². The number of piperazine rings is 1. The number of ether oxygens (including phenoxy) is 2. The topological polar surface area (TPSA) is 33.7 Å². The van der Waals surface area contributed by atoms with Crippen molar-refractivity contribution in [2.75, 3.05) is 26.2 Å². The van der Waals surface area contributed by atoms with Gasteiger partial charge in [-0.25, -0.2) is 8.78 Å². The summed E-state index contributed by atoms with van der Waals surface area (Å²) in [5.74, 6) is -0.352. The largest absolute Gasteiger partial charge is 0.586 e. The van der Waals surface area contributed by atoms with Gasteiger partial charge in [0.2, 0.25) is 0 Å². The number of nitrogens with zero attached hydrogens (tertiary/aromatic N) is 1. The molecular weight excluding hydrogens is 363 g/mol. The fourth-order valence-corrected chi connectivity index (χ4v) is 2.63. The number of fused-ring (bicyclic) bond motifs is 1. The zero-order valence-electron chi connectivity index (χ0n) is 11.8. The van der Waals surface area contributed by atoms with Gasteiger partial charge in [-0.2, -0.15) is 0 Å². The molecule has 0 spiro atoms. The number of benzene rings is 1. The summed E-state index contributed by atoms with van der Waals surface area (Å²) in [6.07, 6.45) is -6.36. The van der Waals surface area contributed by atoms with Gasteiger partial charge >= 0.3 is 6.29 Å². The summed E-state index contributed by atoms with van der Waals surface area (Å²) in [7, 11) is 0. The van der Waals surface area contributed by atoms with E-state index in [-0.39, 0.29) is 41.9 Å². The molecule has 0 saturated carbocycles. The lowest BCUT2D eigenvalue weighted by atomic mass is 10.0. The minimum absolute atomic E-state index is 0. The molecule has 2 aliphatic rings. The lowest BCUT2D eigenvalue weighted by Crippen LogP contribution is -2.46. The number of hydrogen-bond donors (Lipinski definition) is 1. The Labute approximate surface area is 142 Å². The van der Waals surface area contributed by atoms with Crippen molar-refractivity contribution in [3.63, 3.8) is 0 Å². The quantitative estimate of drug-likeness (QED) is 0.819. The molecule has 1 aromatic carbocycles. The molecule has 0 bridgehead atoms. The minimum Gasteiger partial charge on any atom is -0.395 e. The van der Waals surface area contributed by atoms with Crippen LogP contribution in [0.4, 0.5) is 17.6 Å². The second-order valence-electron chi connectivity index (χ2n) is 4.94. The molecule has 0 aliphatic carbocycles. The highest BCUT2D eigenvalue weighted by molar-refractivity contribution is 5.85. The van der Waals surface area contributed by atoms with E-state index in [1.807, 2.05) is 0 Å². The zero-order chi connectivity index (χ0) is 15.0. The van der Waals surface area contributed by atoms with Crippen LogP contribution in [0.25, 0.3) is 0 Å². The fourth-order valence-electron chi connectivity index (χ4n) is 2.63. The van der Waals surface area contributed by atoms with Gasteiger partial charge in [0, 0.05) is 26.2 Å². The smallest absolute Gasteiger partial charge is 0.395 e. The molecule has 2 aliphatic heterocycles. The Kier molecular flexibility index (Phi) is 6.76. The molecule has 0 unspecified atom stereocenters. The van der Waals surface area contributed by atoms with E-state index in [0.717, 1.165) is 0 Å². The Bertz CT molecular complexity index is 531. The van der Waals surface area contributed by atoms with E-state index in [0.29, 0.717) is 26.2 Å². The highest BCUT2D eigenvalue weighted by atomic mass is 35.5. The Morgan fingerprint density at radius 2 is 1.65 bits per heavy atom. The summed E-state index contributed by atoms with van der Waals surface area (Å²) in [6.45, 7) is 2.18. The van der Waals surface area contributed by atoms with Gasteiger partial charge in [-0.1, -0.05) is 6.07 Å². The fraction of sp³-hybridized carbons (Fsp3) is 0.538. The molecule has 0 amide bonds. The molecule has 3 rings (SSSR count). The first-order chi connectivity index (χ1) is 9.96. The highest BCUT2D eigenvalue weighted by Crippen LogP contribution is 2.43. The van der Waals surface area contributed by atoms with Crippen molar-refractivity contribution in [2.24, 2.45) is 0 Å². The Morgan fingerprint density at radius 1 is 1.04 bits per heavy atom. The second kappa shape index (κ2) is 7.74. The van der Waals surface area contributed by atoms with Crippen LogP contribution < -0.4 is 14.8 Å². The number of halogens is 6. The standard InChI is InChI=1S/C13H14F4N2O2.2ClH/c14-12(15)11(19-5-3-18-4-6-19)8-1-2-9-10(7-8)21-13(16,17)20-9;;/h1-2,7,11-12,18H,3-6H2;2*1H/t11-;;/m1../s1. The summed E-state index contributed by atoms with van der Waals surface area (Å²) >= 11 is 0. The monoisotopic (exact) mass is 378 g/mol. The van der Waals surface area contributed by atoms with Crippen molar-refractivity contribution in [2.45, 2.75) is 18.8 Å². The number of hydrogen-bond acceptors (Lipinski definition) is 4. The van der Waals surface area contributed by atoms with Crippen LogP contribution in [0.15, 0.2) is 18.2 Å². The molecule has 23 heavy (non-hydrogen) atoms. The first kappa shape index (κ1) is 20.1. The van der Waals surface area contributed by atoms with Gasteiger partial charge < -0.3 is 14.8 Å². The first-order valence-electron chi connectivity index (χ1n) is 6.59. The Morgan fingerprint density at radius 3 is 2.26 bits per heavy atom. The maximum absolute atomic E-state index is 13.4. The molecule has 0 aromatic heterocycles. The molecule has 1 fully saturated rings. The molecular formula is C13H16Cl2F4N2O2. The summed E-state index contributed by atoms with van der Waals surface area (Å²) in [4.78, 5) is 1.64. The molecule has 1 N–H and O–H groups in total. The van der Waals surface area contributed by atoms with Gasteiger partial charge in [0.1, 0.15) is 0 Å². The van der Waals surface area contributed by atoms with E-state index < -0.39 is 18.8 Å². The number of rotatable bonds is 3. The predicted molar refractivity (Wildman–Crippen MR) is 80.3 cm³/mol. The lowest BCUT2D eigenvalue weighted by Gasteiger charge is -2.34. The summed E-state index contributed by atoms with van der Waals surface area (Å²) < 4.78 is 61.3. The molecule has 1 aromatic rings. The molecule has 2 heterocycles. The van der Waals surface area contributed by atoms with Crippen LogP contribution in [-0.4, -0.2) is 43.8 Å². The first-order valence-corrected chi connectivity index (χ1v) is 6.59. The van der Waals surface area contributed by atoms with Crippen molar-refractivity contribution in [3.05, 3.63) is 23.8 Å². The van der Waals surface area contributed by atoms with Gasteiger partial charge in [-0.15, -0.1) is 33.6 Å². The Balaban J connectivity index is 0.00000132. The highest BCUT2D eigenvalue weighted by Gasteiger charge is 2.44. The van der Waals surface area contributed by atoms with Crippen molar-refractivity contribution in [3.8, 4) is 11.5 Å². The van der Waals surface area contributed by atoms with Gasteiger partial charge in [0.25, 0.3) is 6.43 Å². The van der Waals surface area contributed by atoms with Gasteiger partial charge in [0.15, 0.2) is 11.5 Å². The third kappa shape index (κ3) is 4.32. The molecule has 4 nitrogen and oxygen atoms in total. The SMILES string of the molecule is Cl.Cl.FC(F)[C@@H](c1ccc2c(c1)OC(F)(F)O2)N1CCNCC1. The number of alkyl halides is 4. The van der Waals surface area contributed by atoms with E-state index in [4.69, 9.17) is 0 Å². The maximum Gasteiger partial charge on any atom is 0.586 e. The van der Waals surface area contributed by atoms with Crippen LogP contribution in [0.2, 0.25) is 0 Å². The predicted octanol–water partition coefficient (Wildman–Crippen LogP) is 3.06. The average molecular weight is 379 g/mol. The second-order valence-corrected chi connectivity index (χ2v) is 4.94. The summed E-state index contributed by atoms with van der Waals surface area (Å²) in [6, 6.07) is 2.68. The molecule has 1 saturated heterocycles. The van der Waals surface area contributed by atoms with Gasteiger partial charge in [-0.3, -0.25) is 4.90 Å². The molecule has 132 valence electrons. The van der Waals surface area contributed by atoms with Crippen LogP contribution in [0.1, 0.15) is 11.6 Å². The normalized spacial score (nSPS) is 20.6. The van der Waals surface area contributed by atoms with Crippen molar-refractivity contribution in [1.82, 2.24) is 10.2 Å². The van der Waals surface area contributed by atoms with Crippen LogP contribution in [0, 0.1) is 0 Å². The lowest BCUT2D eigenvalue weighted by molar-refractivity contribution is -0.286. The van der Waals surface area contributed by atoms with E-state index in [2.05, 4.69) is 14.8 Å². The van der Waals surface area contributed by atoms with Crippen molar-refractivity contribution in [1.29, 1.82) is 0 Å². The third-order valence-electron chi connectivity index (χ3n) is 3.55. The molecule has 0 radical (unpaired) electrons. The van der Waals surface area contributed by atoms with Crippen LogP contribution in [-0.2, 0) is 0 Å². The van der Waals surface area contributed by atoms with E-state index >= 15 is 0 Å². The summed E-state index contributed by atoms with van der Waals surface area (Å²) in [5, 5.41) is 3.08. The Hall–Kier alpha value is -0.960. The van der Waals surface area contributed by atoms with E-state index in [9.17, 15) is 17.6 Å². The molecule has 10 heteroatoms. The van der Waals surface area contributed by atoms with Crippen molar-refractivity contribution >= 4 is 24.8 Å². The van der Waals surface area contributed by atoms with Gasteiger partial charge in [-0.05, 0) is 17.7 Å². The van der Waals surface area contributed by atoms with Crippen LogP contribution in [0.5, 0.6) is 11.5 Å². The maximum atomic E-state index is 13.4. The van der Waals surface area contributed by atoms with Gasteiger partial charge in [0.05, 0.1) is 6.04 Å².